The molecule has 9 heteroatoms. The Bertz CT molecular complexity index is 1020. The van der Waals surface area contributed by atoms with Gasteiger partial charge >= 0.3 is 0 Å². The van der Waals surface area contributed by atoms with Crippen LogP contribution in [0, 0.1) is 36.0 Å². The second kappa shape index (κ2) is 7.97. The van der Waals surface area contributed by atoms with Crippen molar-refractivity contribution in [2.75, 3.05) is 5.32 Å². The number of rotatable bonds is 5. The lowest BCUT2D eigenvalue weighted by Crippen LogP contribution is -2.16. The number of carbonyl (C=O) groups is 1. The Kier molecular flexibility index (Phi) is 5.64. The minimum absolute atomic E-state index is 0.0207. The molecular formula is C19H12F5NO2S. The van der Waals surface area contributed by atoms with E-state index in [1.165, 1.54) is 6.07 Å². The molecule has 0 unspecified atom stereocenters. The van der Waals surface area contributed by atoms with Gasteiger partial charge in [-0.2, -0.15) is 0 Å². The molecule has 1 aromatic heterocycles. The molecule has 0 atom stereocenters. The van der Waals surface area contributed by atoms with Crippen molar-refractivity contribution < 1.29 is 31.5 Å². The second-order valence-corrected chi connectivity index (χ2v) is 6.68. The molecule has 1 amide bonds. The number of nitrogens with one attached hydrogen (secondary N) is 1. The monoisotopic (exact) mass is 413 g/mol. The van der Waals surface area contributed by atoms with E-state index in [1.54, 1.807) is 22.8 Å². The first-order chi connectivity index (χ1) is 13.3. The molecule has 1 N–H and O–H groups in total. The SMILES string of the molecule is Cc1ccccc1OCc1csc(C(=O)Nc2c(F)c(F)c(F)c(F)c2F)c1. The van der Waals surface area contributed by atoms with Gasteiger partial charge in [-0.05, 0) is 30.0 Å². The predicted octanol–water partition coefficient (Wildman–Crippen LogP) is 5.58. The Balaban J connectivity index is 1.74. The smallest absolute Gasteiger partial charge is 0.265 e. The Labute approximate surface area is 160 Å². The van der Waals surface area contributed by atoms with E-state index < -0.39 is 40.7 Å². The van der Waals surface area contributed by atoms with Crippen LogP contribution in [0.3, 0.4) is 0 Å². The lowest BCUT2D eigenvalue weighted by atomic mass is 10.2. The Morgan fingerprint density at radius 1 is 1.00 bits per heavy atom. The molecule has 146 valence electrons. The lowest BCUT2D eigenvalue weighted by molar-refractivity contribution is 0.102. The van der Waals surface area contributed by atoms with Gasteiger partial charge in [0.25, 0.3) is 5.91 Å². The average molecular weight is 413 g/mol. The number of carbonyl (C=O) groups excluding carboxylic acids is 1. The molecule has 0 saturated carbocycles. The number of amides is 1. The summed E-state index contributed by atoms with van der Waals surface area (Å²) in [7, 11) is 0. The molecule has 0 bridgehead atoms. The molecule has 0 radical (unpaired) electrons. The number of hydrogen-bond acceptors (Lipinski definition) is 3. The third-order valence-corrected chi connectivity index (χ3v) is 4.79. The van der Waals surface area contributed by atoms with Crippen LogP contribution < -0.4 is 10.1 Å². The van der Waals surface area contributed by atoms with E-state index in [1.807, 2.05) is 19.1 Å². The van der Waals surface area contributed by atoms with Crippen molar-refractivity contribution in [3.05, 3.63) is 80.8 Å². The number of halogens is 5. The standard InChI is InChI=1S/C19H12F5NO2S/c1-9-4-2-3-5-11(9)27-7-10-6-12(28-8-10)19(26)25-18-16(23)14(21)13(20)15(22)17(18)24/h2-6,8H,7H2,1H3,(H,25,26). The fourth-order valence-corrected chi connectivity index (χ4v) is 3.13. The molecular weight excluding hydrogens is 401 g/mol. The minimum Gasteiger partial charge on any atom is -0.489 e. The molecule has 28 heavy (non-hydrogen) atoms. The normalized spacial score (nSPS) is 10.8. The van der Waals surface area contributed by atoms with Crippen molar-refractivity contribution >= 4 is 22.9 Å². The maximum atomic E-state index is 13.7. The molecule has 0 aliphatic rings. The summed E-state index contributed by atoms with van der Waals surface area (Å²) in [4.78, 5) is 12.2. The number of aryl methyl sites for hydroxylation is 1. The van der Waals surface area contributed by atoms with Crippen molar-refractivity contribution in [1.29, 1.82) is 0 Å². The third-order valence-electron chi connectivity index (χ3n) is 3.81. The van der Waals surface area contributed by atoms with E-state index in [0.717, 1.165) is 16.9 Å². The van der Waals surface area contributed by atoms with Crippen LogP contribution in [0.25, 0.3) is 0 Å². The summed E-state index contributed by atoms with van der Waals surface area (Å²) in [6, 6.07) is 8.71. The molecule has 0 spiro atoms. The summed E-state index contributed by atoms with van der Waals surface area (Å²) in [5.74, 6) is -11.1. The number of ether oxygens (including phenoxy) is 1. The Morgan fingerprint density at radius 2 is 1.61 bits per heavy atom. The average Bonchev–Trinajstić information content (AvgIpc) is 3.16. The number of para-hydroxylation sites is 1. The first-order valence-corrected chi connectivity index (χ1v) is 8.76. The maximum absolute atomic E-state index is 13.7. The molecule has 2 aromatic carbocycles. The molecule has 1 heterocycles. The Morgan fingerprint density at radius 3 is 2.25 bits per heavy atom. The highest BCUT2D eigenvalue weighted by Crippen LogP contribution is 2.28. The summed E-state index contributed by atoms with van der Waals surface area (Å²) in [5, 5.41) is 3.32. The summed E-state index contributed by atoms with van der Waals surface area (Å²) in [6.45, 7) is 2.00. The molecule has 0 saturated heterocycles. The van der Waals surface area contributed by atoms with E-state index in [0.29, 0.717) is 11.3 Å². The zero-order valence-electron chi connectivity index (χ0n) is 14.3. The van der Waals surface area contributed by atoms with Crippen LogP contribution in [-0.2, 0) is 6.61 Å². The molecule has 0 aliphatic carbocycles. The number of hydrogen-bond donors (Lipinski definition) is 1. The van der Waals surface area contributed by atoms with Crippen LogP contribution in [0.4, 0.5) is 27.6 Å². The first kappa shape index (κ1) is 19.8. The summed E-state index contributed by atoms with van der Waals surface area (Å²) >= 11 is 0.941. The van der Waals surface area contributed by atoms with Crippen molar-refractivity contribution in [3.8, 4) is 5.75 Å². The fourth-order valence-electron chi connectivity index (χ4n) is 2.34. The highest BCUT2D eigenvalue weighted by atomic mass is 32.1. The predicted molar refractivity (Wildman–Crippen MR) is 94.0 cm³/mol. The van der Waals surface area contributed by atoms with E-state index in [2.05, 4.69) is 0 Å². The van der Waals surface area contributed by atoms with E-state index in [9.17, 15) is 26.7 Å². The Hall–Kier alpha value is -2.94. The van der Waals surface area contributed by atoms with Crippen molar-refractivity contribution in [2.45, 2.75) is 13.5 Å². The molecule has 0 fully saturated rings. The van der Waals surface area contributed by atoms with E-state index >= 15 is 0 Å². The van der Waals surface area contributed by atoms with Crippen LogP contribution in [0.5, 0.6) is 5.75 Å². The van der Waals surface area contributed by atoms with Crippen molar-refractivity contribution in [1.82, 2.24) is 0 Å². The van der Waals surface area contributed by atoms with Gasteiger partial charge < -0.3 is 10.1 Å². The molecule has 3 nitrogen and oxygen atoms in total. The minimum atomic E-state index is -2.29. The zero-order valence-corrected chi connectivity index (χ0v) is 15.1. The van der Waals surface area contributed by atoms with Gasteiger partial charge in [0.1, 0.15) is 18.0 Å². The van der Waals surface area contributed by atoms with Crippen LogP contribution in [0.1, 0.15) is 20.8 Å². The molecule has 0 aliphatic heterocycles. The zero-order chi connectivity index (χ0) is 20.4. The second-order valence-electron chi connectivity index (χ2n) is 5.77. The number of thiophene rings is 1. The van der Waals surface area contributed by atoms with Gasteiger partial charge in [0.2, 0.25) is 5.82 Å². The number of benzene rings is 2. The van der Waals surface area contributed by atoms with Crippen LogP contribution in [-0.4, -0.2) is 5.91 Å². The highest BCUT2D eigenvalue weighted by molar-refractivity contribution is 7.12. The van der Waals surface area contributed by atoms with Crippen molar-refractivity contribution in [2.24, 2.45) is 0 Å². The lowest BCUT2D eigenvalue weighted by Gasteiger charge is -2.09. The fraction of sp³-hybridized carbons (Fsp3) is 0.105. The van der Waals surface area contributed by atoms with Crippen LogP contribution >= 0.6 is 11.3 Å². The van der Waals surface area contributed by atoms with Crippen LogP contribution in [0.2, 0.25) is 0 Å². The van der Waals surface area contributed by atoms with E-state index in [4.69, 9.17) is 4.74 Å². The van der Waals surface area contributed by atoms with Gasteiger partial charge in [-0.25, -0.2) is 22.0 Å². The quantitative estimate of drug-likeness (QED) is 0.337. The summed E-state index contributed by atoms with van der Waals surface area (Å²) < 4.78 is 72.5. The molecule has 3 aromatic rings. The number of anilines is 1. The van der Waals surface area contributed by atoms with Gasteiger partial charge in [0.15, 0.2) is 23.3 Å². The topological polar surface area (TPSA) is 38.3 Å². The highest BCUT2D eigenvalue weighted by Gasteiger charge is 2.27. The van der Waals surface area contributed by atoms with Gasteiger partial charge in [0, 0.05) is 5.56 Å². The van der Waals surface area contributed by atoms with Crippen molar-refractivity contribution in [3.63, 3.8) is 0 Å². The van der Waals surface area contributed by atoms with Gasteiger partial charge in [-0.3, -0.25) is 4.79 Å². The summed E-state index contributed by atoms with van der Waals surface area (Å²) in [6.07, 6.45) is 0. The third kappa shape index (κ3) is 3.84. The summed E-state index contributed by atoms with van der Waals surface area (Å²) in [5.41, 5.74) is 0.130. The van der Waals surface area contributed by atoms with Gasteiger partial charge in [-0.1, -0.05) is 18.2 Å². The maximum Gasteiger partial charge on any atom is 0.265 e. The van der Waals surface area contributed by atoms with E-state index in [-0.39, 0.29) is 11.5 Å². The van der Waals surface area contributed by atoms with Crippen LogP contribution in [0.15, 0.2) is 35.7 Å². The molecule has 3 rings (SSSR count). The largest absolute Gasteiger partial charge is 0.489 e. The van der Waals surface area contributed by atoms with Gasteiger partial charge in [-0.15, -0.1) is 11.3 Å². The first-order valence-electron chi connectivity index (χ1n) is 7.88. The van der Waals surface area contributed by atoms with Gasteiger partial charge in [0.05, 0.1) is 4.88 Å².